The molecular weight excluding hydrogens is 284 g/mol. The molecule has 23 heavy (non-hydrogen) atoms. The van der Waals surface area contributed by atoms with Crippen molar-refractivity contribution in [3.63, 3.8) is 0 Å². The van der Waals surface area contributed by atoms with E-state index in [4.69, 9.17) is 9.97 Å². The van der Waals surface area contributed by atoms with Gasteiger partial charge in [-0.1, -0.05) is 25.0 Å². The van der Waals surface area contributed by atoms with E-state index in [0.717, 1.165) is 40.6 Å². The Balaban J connectivity index is 1.77. The number of aromatic nitrogens is 3. The van der Waals surface area contributed by atoms with Crippen LogP contribution in [0.15, 0.2) is 48.8 Å². The number of hydrogen-bond acceptors (Lipinski definition) is 4. The summed E-state index contributed by atoms with van der Waals surface area (Å²) in [6.45, 7) is 1.04. The minimum atomic E-state index is 0.741. The Kier molecular flexibility index (Phi) is 3.66. The molecule has 0 spiro atoms. The van der Waals surface area contributed by atoms with Crippen molar-refractivity contribution in [2.45, 2.75) is 19.3 Å². The third kappa shape index (κ3) is 3.02. The molecule has 2 heterocycles. The van der Waals surface area contributed by atoms with Crippen LogP contribution >= 0.6 is 0 Å². The maximum atomic E-state index is 4.84. The highest BCUT2D eigenvalue weighted by atomic mass is 15.2. The first-order valence-electron chi connectivity index (χ1n) is 8.19. The van der Waals surface area contributed by atoms with E-state index < -0.39 is 0 Å². The van der Waals surface area contributed by atoms with Gasteiger partial charge in [0, 0.05) is 36.9 Å². The average Bonchev–Trinajstić information content (AvgIpc) is 3.44. The van der Waals surface area contributed by atoms with E-state index in [0.29, 0.717) is 0 Å². The number of benzene rings is 1. The first-order chi connectivity index (χ1) is 11.3. The molecule has 4 rings (SSSR count). The second-order valence-corrected chi connectivity index (χ2v) is 6.28. The summed E-state index contributed by atoms with van der Waals surface area (Å²) < 4.78 is 0. The average molecular weight is 304 g/mol. The van der Waals surface area contributed by atoms with Crippen LogP contribution in [0.1, 0.15) is 19.3 Å². The molecule has 0 saturated heterocycles. The molecule has 0 unspecified atom stereocenters. The SMILES string of the molecule is CN(CCC1CC1)c1nc(-c2cccnc2)nc2ccccc12. The summed E-state index contributed by atoms with van der Waals surface area (Å²) in [7, 11) is 2.13. The summed E-state index contributed by atoms with van der Waals surface area (Å²) in [5.74, 6) is 2.67. The molecule has 1 aliphatic carbocycles. The van der Waals surface area contributed by atoms with Crippen molar-refractivity contribution in [2.24, 2.45) is 5.92 Å². The number of rotatable bonds is 5. The van der Waals surface area contributed by atoms with Crippen molar-refractivity contribution < 1.29 is 0 Å². The number of para-hydroxylation sites is 1. The first-order valence-corrected chi connectivity index (χ1v) is 8.19. The minimum Gasteiger partial charge on any atom is -0.359 e. The van der Waals surface area contributed by atoms with Crippen LogP contribution in [0.4, 0.5) is 5.82 Å². The van der Waals surface area contributed by atoms with Crippen LogP contribution in [0.25, 0.3) is 22.3 Å². The zero-order valence-electron chi connectivity index (χ0n) is 13.3. The number of nitrogens with zero attached hydrogens (tertiary/aromatic N) is 4. The Hall–Kier alpha value is -2.49. The van der Waals surface area contributed by atoms with E-state index in [1.54, 1.807) is 6.20 Å². The van der Waals surface area contributed by atoms with Gasteiger partial charge in [0.1, 0.15) is 5.82 Å². The van der Waals surface area contributed by atoms with Crippen molar-refractivity contribution >= 4 is 16.7 Å². The first kappa shape index (κ1) is 14.1. The molecule has 1 fully saturated rings. The van der Waals surface area contributed by atoms with Gasteiger partial charge in [-0.15, -0.1) is 0 Å². The van der Waals surface area contributed by atoms with Crippen molar-refractivity contribution in [3.05, 3.63) is 48.8 Å². The van der Waals surface area contributed by atoms with Crippen LogP contribution in [0.2, 0.25) is 0 Å². The Morgan fingerprint density at radius 2 is 1.96 bits per heavy atom. The molecule has 0 atom stereocenters. The summed E-state index contributed by atoms with van der Waals surface area (Å²) >= 11 is 0. The largest absolute Gasteiger partial charge is 0.359 e. The molecule has 116 valence electrons. The molecule has 0 amide bonds. The predicted octanol–water partition coefficient (Wildman–Crippen LogP) is 3.93. The summed E-state index contributed by atoms with van der Waals surface area (Å²) in [5, 5.41) is 1.11. The van der Waals surface area contributed by atoms with Gasteiger partial charge in [-0.05, 0) is 36.6 Å². The van der Waals surface area contributed by atoms with Crippen molar-refractivity contribution in [2.75, 3.05) is 18.5 Å². The van der Waals surface area contributed by atoms with E-state index in [-0.39, 0.29) is 0 Å². The van der Waals surface area contributed by atoms with Gasteiger partial charge in [-0.25, -0.2) is 9.97 Å². The monoisotopic (exact) mass is 304 g/mol. The van der Waals surface area contributed by atoms with Gasteiger partial charge in [0.25, 0.3) is 0 Å². The summed E-state index contributed by atoms with van der Waals surface area (Å²) in [5.41, 5.74) is 1.93. The van der Waals surface area contributed by atoms with E-state index in [1.165, 1.54) is 19.3 Å². The Bertz CT molecular complexity index is 812. The van der Waals surface area contributed by atoms with Crippen molar-refractivity contribution in [1.82, 2.24) is 15.0 Å². The van der Waals surface area contributed by atoms with Crippen molar-refractivity contribution in [1.29, 1.82) is 0 Å². The van der Waals surface area contributed by atoms with Gasteiger partial charge in [-0.2, -0.15) is 0 Å². The van der Waals surface area contributed by atoms with Crippen LogP contribution in [-0.4, -0.2) is 28.5 Å². The summed E-state index contributed by atoms with van der Waals surface area (Å²) in [4.78, 5) is 16.0. The summed E-state index contributed by atoms with van der Waals surface area (Å²) in [6, 6.07) is 12.2. The van der Waals surface area contributed by atoms with Crippen LogP contribution in [0.5, 0.6) is 0 Å². The van der Waals surface area contributed by atoms with Gasteiger partial charge >= 0.3 is 0 Å². The van der Waals surface area contributed by atoms with E-state index in [9.17, 15) is 0 Å². The fourth-order valence-electron chi connectivity index (χ4n) is 2.86. The highest BCUT2D eigenvalue weighted by Crippen LogP contribution is 2.33. The highest BCUT2D eigenvalue weighted by molar-refractivity contribution is 5.90. The maximum absolute atomic E-state index is 4.84. The normalized spacial score (nSPS) is 14.1. The summed E-state index contributed by atoms with van der Waals surface area (Å²) in [6.07, 6.45) is 7.61. The molecule has 1 aromatic carbocycles. The molecule has 0 radical (unpaired) electrons. The fourth-order valence-corrected chi connectivity index (χ4v) is 2.86. The zero-order chi connectivity index (χ0) is 15.6. The lowest BCUT2D eigenvalue weighted by molar-refractivity contribution is 0.707. The molecule has 3 aromatic rings. The molecule has 4 nitrogen and oxygen atoms in total. The Labute approximate surface area is 136 Å². The zero-order valence-corrected chi connectivity index (χ0v) is 13.3. The van der Waals surface area contributed by atoms with Gasteiger partial charge < -0.3 is 4.90 Å². The van der Waals surface area contributed by atoms with Crippen LogP contribution in [0, 0.1) is 5.92 Å². The van der Waals surface area contributed by atoms with E-state index in [2.05, 4.69) is 29.1 Å². The predicted molar refractivity (Wildman–Crippen MR) is 93.4 cm³/mol. The quantitative estimate of drug-likeness (QED) is 0.716. The van der Waals surface area contributed by atoms with E-state index in [1.807, 2.05) is 30.5 Å². The lowest BCUT2D eigenvalue weighted by Gasteiger charge is -2.20. The maximum Gasteiger partial charge on any atom is 0.163 e. The number of fused-ring (bicyclic) bond motifs is 1. The van der Waals surface area contributed by atoms with Gasteiger partial charge in [0.05, 0.1) is 5.52 Å². The number of pyridine rings is 1. The fraction of sp³-hybridized carbons (Fsp3) is 0.316. The molecule has 0 aliphatic heterocycles. The highest BCUT2D eigenvalue weighted by Gasteiger charge is 2.22. The topological polar surface area (TPSA) is 41.9 Å². The Morgan fingerprint density at radius 3 is 2.74 bits per heavy atom. The molecule has 2 aromatic heterocycles. The van der Waals surface area contributed by atoms with Crippen LogP contribution < -0.4 is 4.90 Å². The smallest absolute Gasteiger partial charge is 0.163 e. The Morgan fingerprint density at radius 1 is 1.09 bits per heavy atom. The lowest BCUT2D eigenvalue weighted by Crippen LogP contribution is -2.21. The van der Waals surface area contributed by atoms with Gasteiger partial charge in [0.2, 0.25) is 0 Å². The minimum absolute atomic E-state index is 0.741. The molecule has 0 N–H and O–H groups in total. The molecular formula is C19H20N4. The number of hydrogen-bond donors (Lipinski definition) is 0. The lowest BCUT2D eigenvalue weighted by atomic mass is 10.2. The standard InChI is InChI=1S/C19H20N4/c1-23(12-10-14-8-9-14)19-16-6-2-3-7-17(16)21-18(22-19)15-5-4-11-20-13-15/h2-7,11,13-14H,8-10,12H2,1H3. The van der Waals surface area contributed by atoms with E-state index >= 15 is 0 Å². The number of anilines is 1. The van der Waals surface area contributed by atoms with Gasteiger partial charge in [0.15, 0.2) is 5.82 Å². The van der Waals surface area contributed by atoms with Crippen LogP contribution in [0.3, 0.4) is 0 Å². The third-order valence-corrected chi connectivity index (χ3v) is 4.43. The second-order valence-electron chi connectivity index (χ2n) is 6.28. The van der Waals surface area contributed by atoms with Crippen LogP contribution in [-0.2, 0) is 0 Å². The third-order valence-electron chi connectivity index (χ3n) is 4.43. The molecule has 0 bridgehead atoms. The molecule has 4 heteroatoms. The second kappa shape index (κ2) is 5.95. The van der Waals surface area contributed by atoms with Gasteiger partial charge in [-0.3, -0.25) is 4.98 Å². The molecule has 1 aliphatic rings. The molecule has 1 saturated carbocycles. The van der Waals surface area contributed by atoms with Crippen molar-refractivity contribution in [3.8, 4) is 11.4 Å².